The van der Waals surface area contributed by atoms with E-state index in [0.717, 1.165) is 28.2 Å². The Labute approximate surface area is 102 Å². The van der Waals surface area contributed by atoms with Crippen LogP contribution < -0.4 is 0 Å². The first-order valence-corrected chi connectivity index (χ1v) is 6.95. The highest BCUT2D eigenvalue weighted by Crippen LogP contribution is 2.17. The maximum atomic E-state index is 5.24. The normalized spacial score (nSPS) is 10.8. The summed E-state index contributed by atoms with van der Waals surface area (Å²) in [6.07, 6.45) is 1.70. The first kappa shape index (κ1) is 11.5. The van der Waals surface area contributed by atoms with E-state index in [1.165, 1.54) is 0 Å². The molecule has 7 heteroatoms. The van der Waals surface area contributed by atoms with Gasteiger partial charge in [-0.2, -0.15) is 11.8 Å². The van der Waals surface area contributed by atoms with Gasteiger partial charge in [-0.1, -0.05) is 11.8 Å². The fourth-order valence-corrected chi connectivity index (χ4v) is 2.92. The zero-order chi connectivity index (χ0) is 11.2. The molecular weight excluding hydrogens is 244 g/mol. The summed E-state index contributed by atoms with van der Waals surface area (Å²) in [7, 11) is 1.85. The van der Waals surface area contributed by atoms with Crippen molar-refractivity contribution in [3.05, 3.63) is 24.2 Å². The summed E-state index contributed by atoms with van der Waals surface area (Å²) in [5.41, 5.74) is 0. The lowest BCUT2D eigenvalue weighted by atomic mass is 10.5. The molecule has 0 aliphatic heterocycles. The van der Waals surface area contributed by atoms with E-state index in [4.69, 9.17) is 4.42 Å². The van der Waals surface area contributed by atoms with Crippen molar-refractivity contribution in [1.82, 2.24) is 20.2 Å². The minimum atomic E-state index is 0.860. The molecule has 0 radical (unpaired) electrons. The molecule has 2 aromatic rings. The largest absolute Gasteiger partial charge is 0.468 e. The number of tetrazole rings is 1. The van der Waals surface area contributed by atoms with Gasteiger partial charge >= 0.3 is 0 Å². The van der Waals surface area contributed by atoms with Gasteiger partial charge in [0.1, 0.15) is 5.76 Å². The van der Waals surface area contributed by atoms with Gasteiger partial charge in [0.25, 0.3) is 0 Å². The van der Waals surface area contributed by atoms with E-state index in [1.807, 2.05) is 30.9 Å². The highest BCUT2D eigenvalue weighted by atomic mass is 32.2. The van der Waals surface area contributed by atoms with Crippen molar-refractivity contribution < 1.29 is 4.42 Å². The molecule has 0 atom stereocenters. The lowest BCUT2D eigenvalue weighted by Gasteiger charge is -1.99. The van der Waals surface area contributed by atoms with E-state index in [0.29, 0.717) is 0 Å². The second-order valence-electron chi connectivity index (χ2n) is 3.07. The molecule has 0 aliphatic rings. The van der Waals surface area contributed by atoms with Crippen molar-refractivity contribution in [1.29, 1.82) is 0 Å². The Bertz CT molecular complexity index is 415. The fraction of sp³-hybridized carbons (Fsp3) is 0.444. The minimum absolute atomic E-state index is 0.860. The molecule has 0 unspecified atom stereocenters. The second-order valence-corrected chi connectivity index (χ2v) is 5.23. The van der Waals surface area contributed by atoms with Crippen molar-refractivity contribution >= 4 is 23.5 Å². The van der Waals surface area contributed by atoms with Crippen LogP contribution in [0.25, 0.3) is 0 Å². The molecule has 0 spiro atoms. The molecule has 86 valence electrons. The SMILES string of the molecule is Cn1nnnc1SCCSCc1ccco1. The van der Waals surface area contributed by atoms with E-state index in [9.17, 15) is 0 Å². The van der Waals surface area contributed by atoms with E-state index in [2.05, 4.69) is 15.5 Å². The average molecular weight is 256 g/mol. The summed E-state index contributed by atoms with van der Waals surface area (Å²) in [6.45, 7) is 0. The van der Waals surface area contributed by atoms with Crippen LogP contribution in [0.4, 0.5) is 0 Å². The van der Waals surface area contributed by atoms with Crippen molar-refractivity contribution in [3.63, 3.8) is 0 Å². The predicted octanol–water partition coefficient (Wildman–Crippen LogP) is 1.83. The highest BCUT2D eigenvalue weighted by molar-refractivity contribution is 8.02. The Morgan fingerprint density at radius 2 is 2.38 bits per heavy atom. The third kappa shape index (κ3) is 3.28. The van der Waals surface area contributed by atoms with Gasteiger partial charge in [-0.15, -0.1) is 5.10 Å². The molecule has 0 aliphatic carbocycles. The van der Waals surface area contributed by atoms with E-state index >= 15 is 0 Å². The standard InChI is InChI=1S/C9H12N4OS2/c1-13-9(10-11-12-13)16-6-5-15-7-8-3-2-4-14-8/h2-4H,5-7H2,1H3. The van der Waals surface area contributed by atoms with Crippen LogP contribution in [0.15, 0.2) is 28.0 Å². The van der Waals surface area contributed by atoms with Gasteiger partial charge in [-0.3, -0.25) is 0 Å². The van der Waals surface area contributed by atoms with Crippen LogP contribution in [-0.2, 0) is 12.8 Å². The third-order valence-corrected chi connectivity index (χ3v) is 4.12. The van der Waals surface area contributed by atoms with Crippen molar-refractivity contribution in [2.24, 2.45) is 7.05 Å². The van der Waals surface area contributed by atoms with Gasteiger partial charge in [0.2, 0.25) is 5.16 Å². The Morgan fingerprint density at radius 1 is 1.44 bits per heavy atom. The molecule has 5 nitrogen and oxygen atoms in total. The molecule has 0 saturated heterocycles. The zero-order valence-electron chi connectivity index (χ0n) is 8.87. The molecule has 0 saturated carbocycles. The van der Waals surface area contributed by atoms with Gasteiger partial charge in [0.15, 0.2) is 0 Å². The number of hydrogen-bond donors (Lipinski definition) is 0. The van der Waals surface area contributed by atoms with Crippen LogP contribution in [0.2, 0.25) is 0 Å². The van der Waals surface area contributed by atoms with Crippen LogP contribution in [0.3, 0.4) is 0 Å². The fourth-order valence-electron chi connectivity index (χ4n) is 1.10. The summed E-state index contributed by atoms with van der Waals surface area (Å²) < 4.78 is 6.92. The highest BCUT2D eigenvalue weighted by Gasteiger charge is 2.02. The van der Waals surface area contributed by atoms with Crippen LogP contribution in [0.5, 0.6) is 0 Å². The van der Waals surface area contributed by atoms with Crippen LogP contribution in [0.1, 0.15) is 5.76 Å². The smallest absolute Gasteiger partial charge is 0.209 e. The van der Waals surface area contributed by atoms with Crippen LogP contribution in [0, 0.1) is 0 Å². The van der Waals surface area contributed by atoms with E-state index in [-0.39, 0.29) is 0 Å². The Hall–Kier alpha value is -0.950. The van der Waals surface area contributed by atoms with Crippen LogP contribution in [-0.4, -0.2) is 31.7 Å². The minimum Gasteiger partial charge on any atom is -0.468 e. The van der Waals surface area contributed by atoms with E-state index < -0.39 is 0 Å². The molecule has 2 aromatic heterocycles. The van der Waals surface area contributed by atoms with Gasteiger partial charge in [-0.25, -0.2) is 4.68 Å². The number of aromatic nitrogens is 4. The molecule has 0 aromatic carbocycles. The van der Waals surface area contributed by atoms with E-state index in [1.54, 1.807) is 22.7 Å². The van der Waals surface area contributed by atoms with Gasteiger partial charge in [0.05, 0.1) is 12.0 Å². The Balaban J connectivity index is 1.61. The number of furan rings is 1. The Kier molecular flexibility index (Phi) is 4.29. The van der Waals surface area contributed by atoms with Crippen molar-refractivity contribution in [3.8, 4) is 0 Å². The maximum Gasteiger partial charge on any atom is 0.209 e. The molecule has 2 rings (SSSR count). The molecule has 0 amide bonds. The molecule has 0 N–H and O–H groups in total. The zero-order valence-corrected chi connectivity index (χ0v) is 10.5. The lowest BCUT2D eigenvalue weighted by Crippen LogP contribution is -1.94. The first-order valence-electron chi connectivity index (χ1n) is 4.81. The Morgan fingerprint density at radius 3 is 3.06 bits per heavy atom. The molecule has 0 bridgehead atoms. The topological polar surface area (TPSA) is 56.7 Å². The second kappa shape index (κ2) is 5.95. The van der Waals surface area contributed by atoms with Gasteiger partial charge in [0, 0.05) is 18.6 Å². The number of thioether (sulfide) groups is 2. The summed E-state index contributed by atoms with van der Waals surface area (Å²) in [5.74, 6) is 4.00. The number of rotatable bonds is 6. The van der Waals surface area contributed by atoms with Crippen LogP contribution >= 0.6 is 23.5 Å². The number of aryl methyl sites for hydroxylation is 1. The van der Waals surface area contributed by atoms with Crippen molar-refractivity contribution in [2.45, 2.75) is 10.9 Å². The maximum absolute atomic E-state index is 5.24. The monoisotopic (exact) mass is 256 g/mol. The predicted molar refractivity (Wildman–Crippen MR) is 64.4 cm³/mol. The molecule has 0 fully saturated rings. The molecular formula is C9H12N4OS2. The lowest BCUT2D eigenvalue weighted by molar-refractivity contribution is 0.530. The van der Waals surface area contributed by atoms with Gasteiger partial charge in [-0.05, 0) is 22.6 Å². The molecule has 16 heavy (non-hydrogen) atoms. The molecule has 2 heterocycles. The van der Waals surface area contributed by atoms with Crippen molar-refractivity contribution in [2.75, 3.05) is 11.5 Å². The third-order valence-electron chi connectivity index (χ3n) is 1.86. The van der Waals surface area contributed by atoms with Gasteiger partial charge < -0.3 is 4.42 Å². The summed E-state index contributed by atoms with van der Waals surface area (Å²) in [5, 5.41) is 12.1. The quantitative estimate of drug-likeness (QED) is 0.580. The summed E-state index contributed by atoms with van der Waals surface area (Å²) >= 11 is 3.51. The summed E-state index contributed by atoms with van der Waals surface area (Å²) in [6, 6.07) is 3.91. The summed E-state index contributed by atoms with van der Waals surface area (Å²) in [4.78, 5) is 0. The number of hydrogen-bond acceptors (Lipinski definition) is 6. The first-order chi connectivity index (χ1) is 7.86. The number of nitrogens with zero attached hydrogens (tertiary/aromatic N) is 4. The average Bonchev–Trinajstić information content (AvgIpc) is 2.90.